The molecule has 0 saturated carbocycles. The van der Waals surface area contributed by atoms with Crippen molar-refractivity contribution >= 4 is 28.3 Å². The van der Waals surface area contributed by atoms with Crippen molar-refractivity contribution in [2.45, 2.75) is 38.2 Å². The summed E-state index contributed by atoms with van der Waals surface area (Å²) in [6, 6.07) is 9.84. The van der Waals surface area contributed by atoms with E-state index >= 15 is 0 Å². The Morgan fingerprint density at radius 2 is 2.16 bits per heavy atom. The number of nitrogens with zero attached hydrogens (tertiary/aromatic N) is 1. The molecule has 0 aliphatic heterocycles. The van der Waals surface area contributed by atoms with E-state index in [1.54, 1.807) is 14.2 Å². The number of fused-ring (bicyclic) bond motifs is 1. The molecule has 1 aromatic carbocycles. The monoisotopic (exact) mass is 457 g/mol. The molecule has 1 aliphatic rings. The van der Waals surface area contributed by atoms with E-state index in [1.165, 1.54) is 11.3 Å². The first kappa shape index (κ1) is 23.6. The highest BCUT2D eigenvalue weighted by Crippen LogP contribution is 2.38. The number of alkyl carbamates (subject to hydrolysis) is 1. The second-order valence-electron chi connectivity index (χ2n) is 7.41. The van der Waals surface area contributed by atoms with E-state index in [1.807, 2.05) is 24.3 Å². The normalized spacial score (nSPS) is 14.7. The SMILES string of the molecule is COCCNC(=O)OC1CCc2c(sc(NC(=O)CCc3cccc(OC)c3)c2C#N)C1. The van der Waals surface area contributed by atoms with E-state index in [0.29, 0.717) is 55.8 Å². The third-order valence-electron chi connectivity index (χ3n) is 5.21. The molecule has 2 aromatic rings. The highest BCUT2D eigenvalue weighted by molar-refractivity contribution is 7.16. The van der Waals surface area contributed by atoms with Gasteiger partial charge in [0.05, 0.1) is 19.3 Å². The van der Waals surface area contributed by atoms with E-state index in [2.05, 4.69) is 16.7 Å². The Kier molecular flexibility index (Phi) is 8.48. The number of methoxy groups -OCH3 is 2. The molecule has 1 aliphatic carbocycles. The molecule has 2 N–H and O–H groups in total. The zero-order chi connectivity index (χ0) is 22.9. The molecule has 32 heavy (non-hydrogen) atoms. The summed E-state index contributed by atoms with van der Waals surface area (Å²) in [6.07, 6.45) is 1.94. The van der Waals surface area contributed by atoms with Crippen molar-refractivity contribution in [2.24, 2.45) is 0 Å². The second kappa shape index (κ2) is 11.5. The molecule has 3 rings (SSSR count). The van der Waals surface area contributed by atoms with Gasteiger partial charge in [-0.2, -0.15) is 5.26 Å². The number of carbonyl (C=O) groups is 2. The molecule has 170 valence electrons. The molecule has 9 heteroatoms. The number of benzene rings is 1. The first-order chi connectivity index (χ1) is 15.5. The van der Waals surface area contributed by atoms with Crippen molar-refractivity contribution < 1.29 is 23.8 Å². The van der Waals surface area contributed by atoms with E-state index in [-0.39, 0.29) is 12.0 Å². The van der Waals surface area contributed by atoms with Crippen LogP contribution in [0.15, 0.2) is 24.3 Å². The molecule has 0 saturated heterocycles. The van der Waals surface area contributed by atoms with E-state index in [9.17, 15) is 14.9 Å². The lowest BCUT2D eigenvalue weighted by Gasteiger charge is -2.22. The van der Waals surface area contributed by atoms with E-state index < -0.39 is 6.09 Å². The van der Waals surface area contributed by atoms with Crippen molar-refractivity contribution in [2.75, 3.05) is 32.7 Å². The first-order valence-electron chi connectivity index (χ1n) is 10.4. The van der Waals surface area contributed by atoms with Crippen LogP contribution in [0.25, 0.3) is 0 Å². The number of amides is 2. The summed E-state index contributed by atoms with van der Waals surface area (Å²) >= 11 is 1.39. The molecule has 1 heterocycles. The largest absolute Gasteiger partial charge is 0.497 e. The van der Waals surface area contributed by atoms with Gasteiger partial charge >= 0.3 is 6.09 Å². The Morgan fingerprint density at radius 1 is 1.31 bits per heavy atom. The van der Waals surface area contributed by atoms with E-state index in [4.69, 9.17) is 14.2 Å². The quantitative estimate of drug-likeness (QED) is 0.559. The third kappa shape index (κ3) is 6.22. The summed E-state index contributed by atoms with van der Waals surface area (Å²) in [7, 11) is 3.17. The first-order valence-corrected chi connectivity index (χ1v) is 11.3. The lowest BCUT2D eigenvalue weighted by molar-refractivity contribution is -0.116. The maximum atomic E-state index is 12.5. The van der Waals surface area contributed by atoms with Gasteiger partial charge in [-0.15, -0.1) is 11.3 Å². The van der Waals surface area contributed by atoms with Gasteiger partial charge in [0, 0.05) is 31.4 Å². The second-order valence-corrected chi connectivity index (χ2v) is 8.51. The van der Waals surface area contributed by atoms with Crippen LogP contribution in [0.3, 0.4) is 0 Å². The minimum absolute atomic E-state index is 0.145. The zero-order valence-corrected chi connectivity index (χ0v) is 19.0. The fraction of sp³-hybridized carbons (Fsp3) is 0.435. The number of carbonyl (C=O) groups excluding carboxylic acids is 2. The van der Waals surface area contributed by atoms with Gasteiger partial charge in [0.2, 0.25) is 5.91 Å². The number of hydrogen-bond donors (Lipinski definition) is 2. The molecular weight excluding hydrogens is 430 g/mol. The number of ether oxygens (including phenoxy) is 3. The van der Waals surface area contributed by atoms with Gasteiger partial charge in [-0.25, -0.2) is 4.79 Å². The fourth-order valence-electron chi connectivity index (χ4n) is 3.59. The van der Waals surface area contributed by atoms with Crippen LogP contribution in [0.2, 0.25) is 0 Å². The van der Waals surface area contributed by atoms with Gasteiger partial charge in [-0.1, -0.05) is 12.1 Å². The molecule has 1 aromatic heterocycles. The lowest BCUT2D eigenvalue weighted by atomic mass is 9.94. The van der Waals surface area contributed by atoms with Crippen molar-refractivity contribution in [3.8, 4) is 11.8 Å². The minimum atomic E-state index is -0.473. The molecule has 1 unspecified atom stereocenters. The molecule has 2 amide bonds. The van der Waals surface area contributed by atoms with Crippen molar-refractivity contribution in [3.63, 3.8) is 0 Å². The summed E-state index contributed by atoms with van der Waals surface area (Å²) in [6.45, 7) is 0.804. The zero-order valence-electron chi connectivity index (χ0n) is 18.2. The summed E-state index contributed by atoms with van der Waals surface area (Å²) in [5.41, 5.74) is 2.47. The van der Waals surface area contributed by atoms with Gasteiger partial charge in [-0.3, -0.25) is 4.79 Å². The van der Waals surface area contributed by atoms with Crippen molar-refractivity contribution in [1.82, 2.24) is 5.32 Å². The highest BCUT2D eigenvalue weighted by atomic mass is 32.1. The van der Waals surface area contributed by atoms with Crippen LogP contribution < -0.4 is 15.4 Å². The Bertz CT molecular complexity index is 998. The lowest BCUT2D eigenvalue weighted by Crippen LogP contribution is -2.33. The summed E-state index contributed by atoms with van der Waals surface area (Å²) in [5.74, 6) is 0.609. The predicted molar refractivity (Wildman–Crippen MR) is 121 cm³/mol. The number of rotatable bonds is 9. The molecule has 0 bridgehead atoms. The molecule has 8 nitrogen and oxygen atoms in total. The number of hydrogen-bond acceptors (Lipinski definition) is 7. The Balaban J connectivity index is 1.58. The van der Waals surface area contributed by atoms with Crippen molar-refractivity contribution in [1.29, 1.82) is 5.26 Å². The smallest absolute Gasteiger partial charge is 0.407 e. The molecular formula is C23H27N3O5S. The van der Waals surface area contributed by atoms with Crippen LogP contribution in [0.5, 0.6) is 5.75 Å². The standard InChI is InChI=1S/C23H27N3O5S/c1-29-11-10-25-23(28)31-17-7-8-18-19(14-24)22(32-20(18)13-17)26-21(27)9-6-15-4-3-5-16(12-15)30-2/h3-5,12,17H,6-11,13H2,1-2H3,(H,25,28)(H,26,27). The van der Waals surface area contributed by atoms with Crippen LogP contribution in [0, 0.1) is 11.3 Å². The third-order valence-corrected chi connectivity index (χ3v) is 6.38. The van der Waals surface area contributed by atoms with Crippen LogP contribution in [0.1, 0.15) is 34.4 Å². The summed E-state index contributed by atoms with van der Waals surface area (Å²) < 4.78 is 15.6. The maximum Gasteiger partial charge on any atom is 0.407 e. The number of nitriles is 1. The van der Waals surface area contributed by atoms with Crippen LogP contribution in [0.4, 0.5) is 9.80 Å². The van der Waals surface area contributed by atoms with Gasteiger partial charge in [-0.05, 0) is 42.5 Å². The average molecular weight is 458 g/mol. The predicted octanol–water partition coefficient (Wildman–Crippen LogP) is 3.43. The molecule has 0 fully saturated rings. The van der Waals surface area contributed by atoms with Crippen LogP contribution in [-0.2, 0) is 33.5 Å². The van der Waals surface area contributed by atoms with E-state index in [0.717, 1.165) is 21.8 Å². The number of thiophene rings is 1. The summed E-state index contributed by atoms with van der Waals surface area (Å²) in [4.78, 5) is 25.4. The van der Waals surface area contributed by atoms with Crippen molar-refractivity contribution in [3.05, 3.63) is 45.8 Å². The number of anilines is 1. The Hall–Kier alpha value is -3.09. The summed E-state index contributed by atoms with van der Waals surface area (Å²) in [5, 5.41) is 15.8. The number of aryl methyl sites for hydroxylation is 1. The fourth-order valence-corrected chi connectivity index (χ4v) is 4.86. The Labute approximate surface area is 191 Å². The van der Waals surface area contributed by atoms with Crippen LogP contribution >= 0.6 is 11.3 Å². The minimum Gasteiger partial charge on any atom is -0.497 e. The van der Waals surface area contributed by atoms with Gasteiger partial charge in [0.1, 0.15) is 22.9 Å². The molecule has 0 radical (unpaired) electrons. The molecule has 0 spiro atoms. The number of nitrogens with one attached hydrogen (secondary N) is 2. The Morgan fingerprint density at radius 3 is 2.91 bits per heavy atom. The average Bonchev–Trinajstić information content (AvgIpc) is 3.14. The molecule has 1 atom stereocenters. The highest BCUT2D eigenvalue weighted by Gasteiger charge is 2.28. The van der Waals surface area contributed by atoms with Gasteiger partial charge in [0.25, 0.3) is 0 Å². The van der Waals surface area contributed by atoms with Gasteiger partial charge < -0.3 is 24.8 Å². The maximum absolute atomic E-state index is 12.5. The van der Waals surface area contributed by atoms with Gasteiger partial charge in [0.15, 0.2) is 0 Å². The van der Waals surface area contributed by atoms with Crippen LogP contribution in [-0.4, -0.2) is 45.5 Å². The topological polar surface area (TPSA) is 110 Å².